The van der Waals surface area contributed by atoms with E-state index in [1.165, 1.54) is 49.8 Å². The number of hydrogen-bond donors (Lipinski definition) is 0. The summed E-state index contributed by atoms with van der Waals surface area (Å²) in [5.74, 6) is 3.31. The number of likely N-dealkylation sites (N-methyl/N-ethyl adjacent to an activating group) is 1. The van der Waals surface area contributed by atoms with Crippen LogP contribution in [0.2, 0.25) is 0 Å². The molecule has 0 spiro atoms. The minimum absolute atomic E-state index is 0.198. The molecule has 6 rings (SSSR count). The van der Waals surface area contributed by atoms with Gasteiger partial charge in [0, 0.05) is 17.5 Å². The number of amides is 1. The number of anilines is 1. The molecule has 1 aromatic rings. The van der Waals surface area contributed by atoms with Gasteiger partial charge in [-0.2, -0.15) is 0 Å². The Bertz CT molecular complexity index is 773. The van der Waals surface area contributed by atoms with Crippen molar-refractivity contribution in [2.24, 2.45) is 34.1 Å². The molecule has 1 atom stereocenters. The quantitative estimate of drug-likeness (QED) is 0.683. The maximum atomic E-state index is 13.5. The first-order valence-corrected chi connectivity index (χ1v) is 11.5. The molecule has 1 amide bonds. The van der Waals surface area contributed by atoms with Gasteiger partial charge in [-0.25, -0.2) is 0 Å². The molecule has 0 aromatic heterocycles. The third-order valence-corrected chi connectivity index (χ3v) is 7.84. The highest BCUT2D eigenvalue weighted by Crippen LogP contribution is 2.61. The van der Waals surface area contributed by atoms with Gasteiger partial charge in [0.15, 0.2) is 0 Å². The summed E-state index contributed by atoms with van der Waals surface area (Å²) in [5.41, 5.74) is 3.84. The van der Waals surface area contributed by atoms with Gasteiger partial charge in [0.05, 0.1) is 11.4 Å². The van der Waals surface area contributed by atoms with Gasteiger partial charge in [-0.3, -0.25) is 9.79 Å². The molecule has 1 heterocycles. The summed E-state index contributed by atoms with van der Waals surface area (Å²) in [4.78, 5) is 20.8. The van der Waals surface area contributed by atoms with Crippen LogP contribution >= 0.6 is 0 Å². The zero-order chi connectivity index (χ0) is 19.5. The summed E-state index contributed by atoms with van der Waals surface area (Å²) < 4.78 is 0. The lowest BCUT2D eigenvalue weighted by Gasteiger charge is -2.57. The molecule has 4 saturated carbocycles. The van der Waals surface area contributed by atoms with Crippen molar-refractivity contribution in [2.45, 2.75) is 71.8 Å². The third-order valence-electron chi connectivity index (χ3n) is 7.84. The van der Waals surface area contributed by atoms with Crippen molar-refractivity contribution in [3.8, 4) is 0 Å². The summed E-state index contributed by atoms with van der Waals surface area (Å²) in [6, 6.07) is 8.37. The lowest BCUT2D eigenvalue weighted by Crippen LogP contribution is -2.50. The first-order valence-electron chi connectivity index (χ1n) is 11.5. The van der Waals surface area contributed by atoms with E-state index in [4.69, 9.17) is 4.99 Å². The Hall–Kier alpha value is -1.64. The zero-order valence-electron chi connectivity index (χ0n) is 17.7. The molecule has 1 aliphatic heterocycles. The van der Waals surface area contributed by atoms with E-state index in [2.05, 4.69) is 45.0 Å². The predicted octanol–water partition coefficient (Wildman–Crippen LogP) is 5.47. The zero-order valence-corrected chi connectivity index (χ0v) is 17.7. The Morgan fingerprint density at radius 1 is 1.07 bits per heavy atom. The number of aliphatic imine (C=N–C) groups is 1. The molecule has 4 fully saturated rings. The molecule has 150 valence electrons. The number of rotatable bonds is 4. The monoisotopic (exact) mass is 378 g/mol. The standard InChI is InChI=1S/C25H34N2O/c1-4-27-22-8-6-5-7-20(22)23(26-21(24(27)28)9-16(2)3)25-13-17-10-18(14-25)12-19(11-17)15-25/h5-8,16-19,21H,4,9-15H2,1-3H3/t17?,18?,19?,21-,25?/m0/s1. The molecule has 0 unspecified atom stereocenters. The Kier molecular flexibility index (Phi) is 4.41. The van der Waals surface area contributed by atoms with Crippen molar-refractivity contribution in [1.29, 1.82) is 0 Å². The van der Waals surface area contributed by atoms with Crippen LogP contribution in [-0.2, 0) is 4.79 Å². The maximum Gasteiger partial charge on any atom is 0.251 e. The molecule has 3 nitrogen and oxygen atoms in total. The SMILES string of the molecule is CCN1C(=O)[C@H](CC(C)C)N=C(C23CC4CC(CC(C4)C2)C3)c2ccccc21. The smallest absolute Gasteiger partial charge is 0.251 e. The second-order valence-corrected chi connectivity index (χ2v) is 10.4. The molecule has 3 heteroatoms. The highest BCUT2D eigenvalue weighted by molar-refractivity contribution is 6.15. The molecule has 5 aliphatic rings. The van der Waals surface area contributed by atoms with Crippen molar-refractivity contribution < 1.29 is 4.79 Å². The maximum absolute atomic E-state index is 13.5. The van der Waals surface area contributed by atoms with Gasteiger partial charge < -0.3 is 4.90 Å². The third kappa shape index (κ3) is 2.84. The Morgan fingerprint density at radius 2 is 1.68 bits per heavy atom. The number of hydrogen-bond acceptors (Lipinski definition) is 2. The highest BCUT2D eigenvalue weighted by Gasteiger charge is 2.54. The Labute approximate surface area is 169 Å². The first-order chi connectivity index (χ1) is 13.5. The molecule has 4 bridgehead atoms. The average molecular weight is 379 g/mol. The van der Waals surface area contributed by atoms with Gasteiger partial charge in [-0.05, 0) is 81.6 Å². The lowest BCUT2D eigenvalue weighted by atomic mass is 9.48. The number of benzodiazepines with no additional fused rings is 1. The average Bonchev–Trinajstić information content (AvgIpc) is 2.75. The molecule has 0 N–H and O–H groups in total. The topological polar surface area (TPSA) is 32.7 Å². The summed E-state index contributed by atoms with van der Waals surface area (Å²) in [7, 11) is 0. The van der Waals surface area contributed by atoms with Crippen molar-refractivity contribution in [1.82, 2.24) is 0 Å². The van der Waals surface area contributed by atoms with Gasteiger partial charge >= 0.3 is 0 Å². The number of para-hydroxylation sites is 1. The fourth-order valence-electron chi connectivity index (χ4n) is 7.24. The van der Waals surface area contributed by atoms with Crippen LogP contribution in [-0.4, -0.2) is 24.2 Å². The summed E-state index contributed by atoms with van der Waals surface area (Å²) in [6.07, 6.45) is 9.03. The van der Waals surface area contributed by atoms with E-state index < -0.39 is 0 Å². The summed E-state index contributed by atoms with van der Waals surface area (Å²) >= 11 is 0. The molecule has 0 saturated heterocycles. The van der Waals surface area contributed by atoms with Crippen LogP contribution < -0.4 is 4.90 Å². The normalized spacial score (nSPS) is 36.5. The van der Waals surface area contributed by atoms with Crippen LogP contribution in [0.25, 0.3) is 0 Å². The van der Waals surface area contributed by atoms with E-state index in [0.29, 0.717) is 12.5 Å². The van der Waals surface area contributed by atoms with E-state index in [0.717, 1.165) is 29.9 Å². The summed E-state index contributed by atoms with van der Waals surface area (Å²) in [5, 5.41) is 0. The molecular weight excluding hydrogens is 344 g/mol. The second-order valence-electron chi connectivity index (χ2n) is 10.4. The van der Waals surface area contributed by atoms with E-state index in [1.54, 1.807) is 0 Å². The van der Waals surface area contributed by atoms with E-state index in [-0.39, 0.29) is 17.4 Å². The number of benzene rings is 1. The van der Waals surface area contributed by atoms with Gasteiger partial charge in [-0.15, -0.1) is 0 Å². The molecule has 0 radical (unpaired) electrons. The number of nitrogens with zero attached hydrogens (tertiary/aromatic N) is 2. The van der Waals surface area contributed by atoms with Gasteiger partial charge in [0.25, 0.3) is 5.91 Å². The second kappa shape index (κ2) is 6.71. The predicted molar refractivity (Wildman–Crippen MR) is 115 cm³/mol. The number of carbonyl (C=O) groups is 1. The van der Waals surface area contributed by atoms with Gasteiger partial charge in [-0.1, -0.05) is 32.0 Å². The summed E-state index contributed by atoms with van der Waals surface area (Å²) in [6.45, 7) is 7.23. The number of fused-ring (bicyclic) bond motifs is 1. The van der Waals surface area contributed by atoms with Crippen LogP contribution in [0, 0.1) is 29.1 Å². The van der Waals surface area contributed by atoms with Gasteiger partial charge in [0.2, 0.25) is 0 Å². The molecule has 1 aromatic carbocycles. The van der Waals surface area contributed by atoms with Crippen LogP contribution in [0.1, 0.15) is 71.3 Å². The highest BCUT2D eigenvalue weighted by atomic mass is 16.2. The van der Waals surface area contributed by atoms with Crippen LogP contribution in [0.5, 0.6) is 0 Å². The van der Waals surface area contributed by atoms with Crippen molar-refractivity contribution >= 4 is 17.3 Å². The largest absolute Gasteiger partial charge is 0.310 e. The minimum Gasteiger partial charge on any atom is -0.310 e. The Morgan fingerprint density at radius 3 is 2.25 bits per heavy atom. The van der Waals surface area contributed by atoms with Crippen LogP contribution in [0.4, 0.5) is 5.69 Å². The minimum atomic E-state index is -0.227. The van der Waals surface area contributed by atoms with Gasteiger partial charge in [0.1, 0.15) is 6.04 Å². The fourth-order valence-corrected chi connectivity index (χ4v) is 7.24. The van der Waals surface area contributed by atoms with Crippen LogP contribution in [0.15, 0.2) is 29.3 Å². The molecule has 28 heavy (non-hydrogen) atoms. The van der Waals surface area contributed by atoms with Crippen molar-refractivity contribution in [2.75, 3.05) is 11.4 Å². The fraction of sp³-hybridized carbons (Fsp3) is 0.680. The first kappa shape index (κ1) is 18.4. The molecule has 4 aliphatic carbocycles. The van der Waals surface area contributed by atoms with E-state index in [1.807, 2.05) is 4.90 Å². The van der Waals surface area contributed by atoms with Crippen LogP contribution in [0.3, 0.4) is 0 Å². The van der Waals surface area contributed by atoms with E-state index >= 15 is 0 Å². The van der Waals surface area contributed by atoms with E-state index in [9.17, 15) is 4.79 Å². The number of carbonyl (C=O) groups excluding carboxylic acids is 1. The van der Waals surface area contributed by atoms with Crippen molar-refractivity contribution in [3.63, 3.8) is 0 Å². The van der Waals surface area contributed by atoms with Crippen molar-refractivity contribution in [3.05, 3.63) is 29.8 Å². The Balaban J connectivity index is 1.66. The lowest BCUT2D eigenvalue weighted by molar-refractivity contribution is -0.120. The molecular formula is C25H34N2O.